The van der Waals surface area contributed by atoms with Crippen LogP contribution in [0.4, 0.5) is 0 Å². The summed E-state index contributed by atoms with van der Waals surface area (Å²) in [5.74, 6) is 1.22. The Hall–Kier alpha value is -2.86. The first-order chi connectivity index (χ1) is 18.2. The molecule has 3 aromatic rings. The van der Waals surface area contributed by atoms with Crippen molar-refractivity contribution in [2.75, 3.05) is 39.3 Å². The summed E-state index contributed by atoms with van der Waals surface area (Å²) in [6.45, 7) is 7.83. The standard InChI is InChI=1S/C31H41N3O3/c1-2-3-18-33-21-22-36-28-13-6-4-10-25(28)11-8-9-15-31(24-33)16-19-34(20-17-31)30(35)23-27-26-12-5-7-14-29(26)37-32-27/h4-7,10,12-14H,2-3,8-9,11,15-24H2,1H3. The molecule has 1 fully saturated rings. The third kappa shape index (κ3) is 6.35. The van der Waals surface area contributed by atoms with Crippen molar-refractivity contribution in [1.29, 1.82) is 0 Å². The van der Waals surface area contributed by atoms with Gasteiger partial charge >= 0.3 is 0 Å². The number of benzene rings is 2. The predicted octanol–water partition coefficient (Wildman–Crippen LogP) is 5.89. The minimum atomic E-state index is 0.162. The molecular weight excluding hydrogens is 462 g/mol. The number of nitrogens with zero attached hydrogens (tertiary/aromatic N) is 3. The smallest absolute Gasteiger partial charge is 0.228 e. The van der Waals surface area contributed by atoms with Crippen LogP contribution in [0.1, 0.15) is 63.1 Å². The van der Waals surface area contributed by atoms with Gasteiger partial charge in [-0.05, 0) is 74.2 Å². The number of piperidine rings is 1. The maximum Gasteiger partial charge on any atom is 0.228 e. The van der Waals surface area contributed by atoms with Gasteiger partial charge in [-0.25, -0.2) is 0 Å². The van der Waals surface area contributed by atoms with Gasteiger partial charge in [0.15, 0.2) is 5.58 Å². The first-order valence-electron chi connectivity index (χ1n) is 14.2. The highest BCUT2D eigenvalue weighted by molar-refractivity contribution is 5.86. The molecule has 0 saturated carbocycles. The molecule has 0 aliphatic carbocycles. The number of para-hydroxylation sites is 2. The van der Waals surface area contributed by atoms with Crippen molar-refractivity contribution >= 4 is 16.9 Å². The van der Waals surface area contributed by atoms with Crippen LogP contribution in [0.5, 0.6) is 5.75 Å². The van der Waals surface area contributed by atoms with E-state index in [2.05, 4.69) is 46.1 Å². The number of aromatic nitrogens is 1. The molecule has 1 spiro atoms. The average Bonchev–Trinajstić information content (AvgIpc) is 3.33. The van der Waals surface area contributed by atoms with Gasteiger partial charge in [0.2, 0.25) is 5.91 Å². The van der Waals surface area contributed by atoms with Crippen LogP contribution in [-0.4, -0.2) is 60.2 Å². The highest BCUT2D eigenvalue weighted by atomic mass is 16.5. The zero-order valence-corrected chi connectivity index (χ0v) is 22.3. The summed E-state index contributed by atoms with van der Waals surface area (Å²) in [5, 5.41) is 5.13. The molecule has 6 nitrogen and oxygen atoms in total. The van der Waals surface area contributed by atoms with Gasteiger partial charge in [0.25, 0.3) is 0 Å². The number of unbranched alkanes of at least 4 members (excludes halogenated alkanes) is 1. The van der Waals surface area contributed by atoms with E-state index in [0.717, 1.165) is 81.0 Å². The number of hydrogen-bond donors (Lipinski definition) is 0. The van der Waals surface area contributed by atoms with Gasteiger partial charge in [-0.1, -0.05) is 55.3 Å². The molecule has 2 aliphatic heterocycles. The van der Waals surface area contributed by atoms with Crippen LogP contribution in [0.3, 0.4) is 0 Å². The molecule has 0 radical (unpaired) electrons. The Labute approximate surface area is 220 Å². The first-order valence-corrected chi connectivity index (χ1v) is 14.2. The largest absolute Gasteiger partial charge is 0.492 e. The Morgan fingerprint density at radius 1 is 1.00 bits per heavy atom. The third-order valence-electron chi connectivity index (χ3n) is 8.38. The monoisotopic (exact) mass is 503 g/mol. The van der Waals surface area contributed by atoms with Crippen LogP contribution >= 0.6 is 0 Å². The van der Waals surface area contributed by atoms with Gasteiger partial charge < -0.3 is 14.2 Å². The van der Waals surface area contributed by atoms with E-state index in [0.29, 0.717) is 6.42 Å². The zero-order chi connectivity index (χ0) is 25.5. The second kappa shape index (κ2) is 12.1. The lowest BCUT2D eigenvalue weighted by Crippen LogP contribution is -2.49. The molecule has 0 bridgehead atoms. The van der Waals surface area contributed by atoms with Gasteiger partial charge in [-0.2, -0.15) is 0 Å². The molecule has 0 N–H and O–H groups in total. The van der Waals surface area contributed by atoms with Crippen molar-refractivity contribution in [3.05, 3.63) is 59.8 Å². The molecular formula is C31H41N3O3. The van der Waals surface area contributed by atoms with Gasteiger partial charge in [0.05, 0.1) is 6.42 Å². The first kappa shape index (κ1) is 25.8. The molecule has 1 aromatic heterocycles. The number of ether oxygens (including phenoxy) is 1. The quantitative estimate of drug-likeness (QED) is 0.435. The van der Waals surface area contributed by atoms with E-state index in [1.807, 2.05) is 24.3 Å². The number of carbonyl (C=O) groups is 1. The Kier molecular flexibility index (Phi) is 8.45. The van der Waals surface area contributed by atoms with Crippen LogP contribution in [0.15, 0.2) is 53.1 Å². The zero-order valence-electron chi connectivity index (χ0n) is 22.3. The molecule has 1 saturated heterocycles. The van der Waals surface area contributed by atoms with Crippen LogP contribution in [0, 0.1) is 5.41 Å². The second-order valence-electron chi connectivity index (χ2n) is 11.0. The van der Waals surface area contributed by atoms with Crippen LogP contribution < -0.4 is 4.74 Å². The number of fused-ring (bicyclic) bond motifs is 2. The fourth-order valence-electron chi connectivity index (χ4n) is 6.12. The van der Waals surface area contributed by atoms with Crippen molar-refractivity contribution in [2.24, 2.45) is 5.41 Å². The number of carbonyl (C=O) groups excluding carboxylic acids is 1. The highest BCUT2D eigenvalue weighted by Crippen LogP contribution is 2.38. The summed E-state index contributed by atoms with van der Waals surface area (Å²) in [6, 6.07) is 16.3. The molecule has 3 heterocycles. The Balaban J connectivity index is 1.24. The van der Waals surface area contributed by atoms with Gasteiger partial charge in [-0.3, -0.25) is 9.69 Å². The molecule has 0 atom stereocenters. The Morgan fingerprint density at radius 3 is 2.68 bits per heavy atom. The number of rotatable bonds is 5. The fourth-order valence-corrected chi connectivity index (χ4v) is 6.12. The van der Waals surface area contributed by atoms with Crippen molar-refractivity contribution in [1.82, 2.24) is 15.0 Å². The fraction of sp³-hybridized carbons (Fsp3) is 0.548. The molecule has 2 aliphatic rings. The lowest BCUT2D eigenvalue weighted by Gasteiger charge is -2.45. The molecule has 1 amide bonds. The van der Waals surface area contributed by atoms with E-state index in [-0.39, 0.29) is 11.3 Å². The van der Waals surface area contributed by atoms with E-state index in [4.69, 9.17) is 9.26 Å². The van der Waals surface area contributed by atoms with E-state index >= 15 is 0 Å². The van der Waals surface area contributed by atoms with Crippen LogP contribution in [0.25, 0.3) is 11.0 Å². The topological polar surface area (TPSA) is 58.8 Å². The number of hydrogen-bond acceptors (Lipinski definition) is 5. The predicted molar refractivity (Wildman–Crippen MR) is 147 cm³/mol. The average molecular weight is 504 g/mol. The maximum atomic E-state index is 13.2. The summed E-state index contributed by atoms with van der Waals surface area (Å²) in [6.07, 6.45) is 9.56. The van der Waals surface area contributed by atoms with Crippen LogP contribution in [-0.2, 0) is 17.6 Å². The van der Waals surface area contributed by atoms with Gasteiger partial charge in [0.1, 0.15) is 18.1 Å². The minimum absolute atomic E-state index is 0.162. The number of likely N-dealkylation sites (tertiary alicyclic amines) is 1. The molecule has 6 heteroatoms. The van der Waals surface area contributed by atoms with Gasteiger partial charge in [0, 0.05) is 31.6 Å². The summed E-state index contributed by atoms with van der Waals surface area (Å²) in [7, 11) is 0. The summed E-state index contributed by atoms with van der Waals surface area (Å²) in [5.41, 5.74) is 3.09. The Bertz CT molecular complexity index is 1170. The molecule has 37 heavy (non-hydrogen) atoms. The lowest BCUT2D eigenvalue weighted by atomic mass is 9.73. The summed E-state index contributed by atoms with van der Waals surface area (Å²) < 4.78 is 11.7. The molecule has 198 valence electrons. The maximum absolute atomic E-state index is 13.2. The lowest BCUT2D eigenvalue weighted by molar-refractivity contribution is -0.133. The number of aryl methyl sites for hydroxylation is 1. The summed E-state index contributed by atoms with van der Waals surface area (Å²) in [4.78, 5) is 17.9. The highest BCUT2D eigenvalue weighted by Gasteiger charge is 2.37. The number of amides is 1. The van der Waals surface area contributed by atoms with Crippen LogP contribution in [0.2, 0.25) is 0 Å². The third-order valence-corrected chi connectivity index (χ3v) is 8.38. The summed E-state index contributed by atoms with van der Waals surface area (Å²) >= 11 is 0. The minimum Gasteiger partial charge on any atom is -0.492 e. The SMILES string of the molecule is CCCCN1CCOc2ccccc2CCCCC2(CCN(C(=O)Cc3noc4ccccc34)CC2)C1. The van der Waals surface area contributed by atoms with E-state index in [1.165, 1.54) is 37.7 Å². The molecule has 5 rings (SSSR count). The van der Waals surface area contributed by atoms with Crippen molar-refractivity contribution < 1.29 is 14.1 Å². The normalized spacial score (nSPS) is 19.1. The van der Waals surface area contributed by atoms with Crippen molar-refractivity contribution in [3.63, 3.8) is 0 Å². The van der Waals surface area contributed by atoms with E-state index in [9.17, 15) is 4.79 Å². The molecule has 2 aromatic carbocycles. The van der Waals surface area contributed by atoms with E-state index in [1.54, 1.807) is 0 Å². The Morgan fingerprint density at radius 2 is 1.81 bits per heavy atom. The van der Waals surface area contributed by atoms with Crippen molar-refractivity contribution in [2.45, 2.75) is 64.7 Å². The second-order valence-corrected chi connectivity index (χ2v) is 11.0. The van der Waals surface area contributed by atoms with E-state index < -0.39 is 0 Å². The van der Waals surface area contributed by atoms with Gasteiger partial charge in [-0.15, -0.1) is 0 Å². The van der Waals surface area contributed by atoms with Crippen molar-refractivity contribution in [3.8, 4) is 5.75 Å². The molecule has 0 unspecified atom stereocenters.